The van der Waals surface area contributed by atoms with Crippen LogP contribution in [0.3, 0.4) is 0 Å². The number of nitrogens with one attached hydrogen (secondary N) is 2. The molecule has 4 rings (SSSR count). The lowest BCUT2D eigenvalue weighted by Crippen LogP contribution is -2.52. The molecule has 2 saturated heterocycles. The molecule has 0 spiro atoms. The van der Waals surface area contributed by atoms with Crippen LogP contribution in [0.25, 0.3) is 0 Å². The second-order valence-corrected chi connectivity index (χ2v) is 7.84. The van der Waals surface area contributed by atoms with Gasteiger partial charge in [0.2, 0.25) is 0 Å². The molecule has 0 saturated carbocycles. The van der Waals surface area contributed by atoms with Gasteiger partial charge >= 0.3 is 6.03 Å². The third kappa shape index (κ3) is 4.06. The number of carbonyl (C=O) groups is 2. The van der Waals surface area contributed by atoms with Crippen molar-refractivity contribution in [1.82, 2.24) is 9.80 Å². The predicted octanol–water partition coefficient (Wildman–Crippen LogP) is 3.75. The van der Waals surface area contributed by atoms with Gasteiger partial charge in [-0.1, -0.05) is 23.7 Å². The number of halogens is 2. The Kier molecular flexibility index (Phi) is 5.78. The molecule has 3 amide bonds. The smallest absolute Gasteiger partial charge is 0.323 e. The summed E-state index contributed by atoms with van der Waals surface area (Å²) in [6.45, 7) is 3.13. The Morgan fingerprint density at radius 3 is 2.63 bits per heavy atom. The molecule has 2 aromatic carbocycles. The van der Waals surface area contributed by atoms with Gasteiger partial charge in [-0.25, -0.2) is 9.18 Å². The number of phenols is 1. The Bertz CT molecular complexity index is 987. The molecule has 7 nitrogen and oxygen atoms in total. The minimum atomic E-state index is -0.720. The molecule has 2 aliphatic heterocycles. The van der Waals surface area contributed by atoms with Crippen LogP contribution in [0.2, 0.25) is 5.02 Å². The van der Waals surface area contributed by atoms with Crippen molar-refractivity contribution >= 4 is 34.9 Å². The monoisotopic (exact) mass is 432 g/mol. The van der Waals surface area contributed by atoms with Gasteiger partial charge in [0.1, 0.15) is 5.82 Å². The van der Waals surface area contributed by atoms with E-state index in [4.69, 9.17) is 11.6 Å². The average Bonchev–Trinajstić information content (AvgIpc) is 3.20. The van der Waals surface area contributed by atoms with E-state index in [9.17, 15) is 19.1 Å². The number of phenolic OH excluding ortho intramolecular Hbond substituents is 1. The number of nitrogens with zero attached hydrogens (tertiary/aromatic N) is 2. The highest BCUT2D eigenvalue weighted by molar-refractivity contribution is 6.34. The second kappa shape index (κ2) is 8.49. The summed E-state index contributed by atoms with van der Waals surface area (Å²) in [5, 5.41) is 15.3. The van der Waals surface area contributed by atoms with Crippen LogP contribution in [-0.2, 0) is 0 Å². The fraction of sp³-hybridized carbons (Fsp3) is 0.333. The molecule has 158 valence electrons. The lowest BCUT2D eigenvalue weighted by Gasteiger charge is -2.37. The van der Waals surface area contributed by atoms with Gasteiger partial charge in [0, 0.05) is 25.7 Å². The van der Waals surface area contributed by atoms with Gasteiger partial charge < -0.3 is 20.6 Å². The number of aromatic hydroxyl groups is 1. The third-order valence-corrected chi connectivity index (χ3v) is 5.97. The van der Waals surface area contributed by atoms with Crippen LogP contribution < -0.4 is 10.6 Å². The zero-order chi connectivity index (χ0) is 21.3. The number of anilines is 2. The number of benzene rings is 2. The molecular weight excluding hydrogens is 411 g/mol. The van der Waals surface area contributed by atoms with Gasteiger partial charge in [-0.2, -0.15) is 0 Å². The Morgan fingerprint density at radius 1 is 1.07 bits per heavy atom. The largest absolute Gasteiger partial charge is 0.505 e. The van der Waals surface area contributed by atoms with Gasteiger partial charge in [-0.15, -0.1) is 0 Å². The number of hydrogen-bond acceptors (Lipinski definition) is 4. The number of amides is 3. The van der Waals surface area contributed by atoms with Crippen molar-refractivity contribution in [2.75, 3.05) is 36.8 Å². The maximum atomic E-state index is 13.5. The average molecular weight is 433 g/mol. The fourth-order valence-corrected chi connectivity index (χ4v) is 4.21. The summed E-state index contributed by atoms with van der Waals surface area (Å²) in [5.74, 6) is -1.24. The molecule has 2 aliphatic rings. The molecule has 0 bridgehead atoms. The summed E-state index contributed by atoms with van der Waals surface area (Å²) in [4.78, 5) is 29.4. The van der Waals surface area contributed by atoms with E-state index in [0.29, 0.717) is 19.1 Å². The molecule has 3 N–H and O–H groups in total. The molecule has 2 heterocycles. The van der Waals surface area contributed by atoms with Crippen molar-refractivity contribution in [3.63, 3.8) is 0 Å². The molecule has 0 unspecified atom stereocenters. The highest BCUT2D eigenvalue weighted by Crippen LogP contribution is 2.31. The maximum Gasteiger partial charge on any atom is 0.323 e. The minimum absolute atomic E-state index is 0.0744. The van der Waals surface area contributed by atoms with E-state index in [1.165, 1.54) is 30.3 Å². The lowest BCUT2D eigenvalue weighted by molar-refractivity contribution is 0.0568. The first-order valence-electron chi connectivity index (χ1n) is 9.81. The molecule has 2 aromatic rings. The normalized spacial score (nSPS) is 18.7. The Morgan fingerprint density at radius 2 is 1.80 bits per heavy atom. The molecule has 0 radical (unpaired) electrons. The zero-order valence-corrected chi connectivity index (χ0v) is 17.0. The van der Waals surface area contributed by atoms with Crippen LogP contribution >= 0.6 is 11.6 Å². The quantitative estimate of drug-likeness (QED) is 0.645. The fourth-order valence-electron chi connectivity index (χ4n) is 4.04. The Hall–Kier alpha value is -2.84. The van der Waals surface area contributed by atoms with Gasteiger partial charge in [0.05, 0.1) is 22.0 Å². The van der Waals surface area contributed by atoms with E-state index in [2.05, 4.69) is 15.5 Å². The number of carbonyl (C=O) groups excluding carboxylic acids is 2. The number of piperazine rings is 1. The minimum Gasteiger partial charge on any atom is -0.505 e. The van der Waals surface area contributed by atoms with E-state index in [-0.39, 0.29) is 33.6 Å². The van der Waals surface area contributed by atoms with Gasteiger partial charge in [0.15, 0.2) is 5.75 Å². The van der Waals surface area contributed by atoms with Crippen molar-refractivity contribution < 1.29 is 19.1 Å². The maximum absolute atomic E-state index is 13.5. The highest BCUT2D eigenvalue weighted by Gasteiger charge is 2.33. The molecule has 1 atom stereocenters. The summed E-state index contributed by atoms with van der Waals surface area (Å²) in [5.41, 5.74) is 0.295. The van der Waals surface area contributed by atoms with Crippen LogP contribution in [0.1, 0.15) is 23.2 Å². The summed E-state index contributed by atoms with van der Waals surface area (Å²) in [7, 11) is 0. The van der Waals surface area contributed by atoms with Crippen molar-refractivity contribution in [1.29, 1.82) is 0 Å². The van der Waals surface area contributed by atoms with Crippen molar-refractivity contribution in [2.24, 2.45) is 0 Å². The summed E-state index contributed by atoms with van der Waals surface area (Å²) in [6.07, 6.45) is 2.21. The van der Waals surface area contributed by atoms with Crippen LogP contribution in [0.4, 0.5) is 20.6 Å². The first-order valence-corrected chi connectivity index (χ1v) is 10.2. The van der Waals surface area contributed by atoms with Crippen LogP contribution in [-0.4, -0.2) is 59.1 Å². The van der Waals surface area contributed by atoms with E-state index >= 15 is 0 Å². The molecular formula is C21H22ClFN4O3. The second-order valence-electron chi connectivity index (χ2n) is 7.47. The topological polar surface area (TPSA) is 84.9 Å². The summed E-state index contributed by atoms with van der Waals surface area (Å²) >= 11 is 5.84. The van der Waals surface area contributed by atoms with Gasteiger partial charge in [-0.05, 0) is 43.7 Å². The molecule has 30 heavy (non-hydrogen) atoms. The van der Waals surface area contributed by atoms with Crippen molar-refractivity contribution in [3.8, 4) is 5.75 Å². The number of hydrogen-bond donors (Lipinski definition) is 3. The first kappa shape index (κ1) is 20.4. The highest BCUT2D eigenvalue weighted by atomic mass is 35.5. The van der Waals surface area contributed by atoms with E-state index in [0.717, 1.165) is 25.9 Å². The molecule has 0 aromatic heterocycles. The zero-order valence-electron chi connectivity index (χ0n) is 16.2. The van der Waals surface area contributed by atoms with E-state index < -0.39 is 11.8 Å². The number of urea groups is 1. The van der Waals surface area contributed by atoms with Gasteiger partial charge in [-0.3, -0.25) is 9.69 Å². The summed E-state index contributed by atoms with van der Waals surface area (Å²) < 4.78 is 13.5. The number of para-hydroxylation sites is 1. The molecule has 2 fully saturated rings. The summed E-state index contributed by atoms with van der Waals surface area (Å²) in [6, 6.07) is 8.29. The van der Waals surface area contributed by atoms with Crippen LogP contribution in [0.5, 0.6) is 5.75 Å². The lowest BCUT2D eigenvalue weighted by atomic mass is 10.1. The van der Waals surface area contributed by atoms with Crippen molar-refractivity contribution in [2.45, 2.75) is 18.9 Å². The molecule has 9 heteroatoms. The standard InChI is InChI=1S/C21H22ClFN4O3/c22-18-15(23)6-2-7-16(18)24-21(30)25-17-8-1-5-14(19(17)28)20(29)27-11-10-26-9-3-4-13(26)12-27/h1-2,5-8,13,28H,3-4,9-12H2,(H2,24,25,30)/t13-/m1/s1. The third-order valence-electron chi connectivity index (χ3n) is 5.59. The number of rotatable bonds is 3. The Labute approximate surface area is 178 Å². The first-order chi connectivity index (χ1) is 14.4. The van der Waals surface area contributed by atoms with Crippen molar-refractivity contribution in [3.05, 3.63) is 52.8 Å². The number of fused-ring (bicyclic) bond motifs is 1. The molecule has 0 aliphatic carbocycles. The SMILES string of the molecule is O=C(Nc1cccc(C(=O)N2CCN3CCC[C@@H]3C2)c1O)Nc1cccc(F)c1Cl. The Balaban J connectivity index is 1.46. The van der Waals surface area contributed by atoms with Crippen LogP contribution in [0.15, 0.2) is 36.4 Å². The van der Waals surface area contributed by atoms with Crippen LogP contribution in [0, 0.1) is 5.82 Å². The van der Waals surface area contributed by atoms with Gasteiger partial charge in [0.25, 0.3) is 5.91 Å². The predicted molar refractivity (Wildman–Crippen MR) is 113 cm³/mol. The van der Waals surface area contributed by atoms with E-state index in [1.807, 2.05) is 0 Å². The van der Waals surface area contributed by atoms with E-state index in [1.54, 1.807) is 11.0 Å².